The van der Waals surface area contributed by atoms with E-state index in [4.69, 9.17) is 0 Å². The van der Waals surface area contributed by atoms with Crippen molar-refractivity contribution in [2.75, 3.05) is 38.6 Å². The van der Waals surface area contributed by atoms with Crippen molar-refractivity contribution in [1.82, 2.24) is 20.4 Å². The minimum absolute atomic E-state index is 0.113. The topological polar surface area (TPSA) is 81.3 Å². The third-order valence-corrected chi connectivity index (χ3v) is 4.35. The molecule has 134 valence electrons. The highest BCUT2D eigenvalue weighted by Crippen LogP contribution is 2.31. The molecule has 0 spiro atoms. The van der Waals surface area contributed by atoms with Crippen LogP contribution in [0.5, 0.6) is 0 Å². The van der Waals surface area contributed by atoms with Crippen molar-refractivity contribution in [2.45, 2.75) is 12.8 Å². The Hall–Kier alpha value is -2.48. The Balaban J connectivity index is 1.67. The zero-order chi connectivity index (χ0) is 18.0. The van der Waals surface area contributed by atoms with Crippen LogP contribution in [-0.2, 0) is 9.59 Å². The first kappa shape index (κ1) is 17.3. The second-order valence-corrected chi connectivity index (χ2v) is 6.56. The molecule has 0 unspecified atom stereocenters. The summed E-state index contributed by atoms with van der Waals surface area (Å²) in [5, 5.41) is 9.96. The van der Waals surface area contributed by atoms with Crippen molar-refractivity contribution in [3.05, 3.63) is 24.0 Å². The van der Waals surface area contributed by atoms with E-state index in [0.29, 0.717) is 12.1 Å². The van der Waals surface area contributed by atoms with Crippen LogP contribution in [-0.4, -0.2) is 60.6 Å². The SMILES string of the molecule is CN(C)CCCNC(=O)[C@@H]1CC(=O)N(c2n[nH]c3cccc(F)c23)C1. The van der Waals surface area contributed by atoms with E-state index in [1.165, 1.54) is 11.0 Å². The zero-order valence-corrected chi connectivity index (χ0v) is 14.4. The summed E-state index contributed by atoms with van der Waals surface area (Å²) < 4.78 is 14.1. The number of H-pyrrole nitrogens is 1. The summed E-state index contributed by atoms with van der Waals surface area (Å²) in [6.07, 6.45) is 0.959. The van der Waals surface area contributed by atoms with Crippen LogP contribution >= 0.6 is 0 Å². The fraction of sp³-hybridized carbons (Fsp3) is 0.471. The Kier molecular flexibility index (Phi) is 4.98. The number of nitrogens with zero attached hydrogens (tertiary/aromatic N) is 3. The molecular weight excluding hydrogens is 325 g/mol. The molecule has 1 atom stereocenters. The number of amides is 2. The number of benzene rings is 1. The molecule has 1 aromatic heterocycles. The van der Waals surface area contributed by atoms with E-state index in [0.717, 1.165) is 13.0 Å². The van der Waals surface area contributed by atoms with Gasteiger partial charge >= 0.3 is 0 Å². The van der Waals surface area contributed by atoms with Crippen LogP contribution in [0.2, 0.25) is 0 Å². The minimum Gasteiger partial charge on any atom is -0.356 e. The predicted octanol–water partition coefficient (Wildman–Crippen LogP) is 1.12. The van der Waals surface area contributed by atoms with Gasteiger partial charge in [0.05, 0.1) is 16.8 Å². The summed E-state index contributed by atoms with van der Waals surface area (Å²) >= 11 is 0. The smallest absolute Gasteiger partial charge is 0.229 e. The van der Waals surface area contributed by atoms with Crippen LogP contribution in [0.3, 0.4) is 0 Å². The molecule has 3 rings (SSSR count). The van der Waals surface area contributed by atoms with Crippen molar-refractivity contribution in [1.29, 1.82) is 0 Å². The molecule has 2 amide bonds. The van der Waals surface area contributed by atoms with Crippen LogP contribution in [0.25, 0.3) is 10.9 Å². The lowest BCUT2D eigenvalue weighted by Crippen LogP contribution is -2.34. The predicted molar refractivity (Wildman–Crippen MR) is 92.7 cm³/mol. The molecular formula is C17H22FN5O2. The Morgan fingerprint density at radius 1 is 1.48 bits per heavy atom. The maximum Gasteiger partial charge on any atom is 0.229 e. The lowest BCUT2D eigenvalue weighted by molar-refractivity contribution is -0.126. The van der Waals surface area contributed by atoms with E-state index >= 15 is 0 Å². The van der Waals surface area contributed by atoms with Crippen LogP contribution in [0.15, 0.2) is 18.2 Å². The lowest BCUT2D eigenvalue weighted by Gasteiger charge is -2.15. The van der Waals surface area contributed by atoms with E-state index in [2.05, 4.69) is 15.5 Å². The number of nitrogens with one attached hydrogen (secondary N) is 2. The summed E-state index contributed by atoms with van der Waals surface area (Å²) in [5.74, 6) is -0.989. The molecule has 0 radical (unpaired) electrons. The van der Waals surface area contributed by atoms with Gasteiger partial charge in [0.2, 0.25) is 11.8 Å². The highest BCUT2D eigenvalue weighted by Gasteiger charge is 2.37. The number of anilines is 1. The molecule has 2 N–H and O–H groups in total. The van der Waals surface area contributed by atoms with Gasteiger partial charge in [-0.05, 0) is 39.2 Å². The lowest BCUT2D eigenvalue weighted by atomic mass is 10.1. The summed E-state index contributed by atoms with van der Waals surface area (Å²) in [4.78, 5) is 28.0. The molecule has 1 fully saturated rings. The Morgan fingerprint density at radius 3 is 3.04 bits per heavy atom. The maximum absolute atomic E-state index is 14.1. The monoisotopic (exact) mass is 347 g/mol. The molecule has 0 saturated carbocycles. The van der Waals surface area contributed by atoms with E-state index in [-0.39, 0.29) is 36.0 Å². The Bertz CT molecular complexity index is 788. The number of fused-ring (bicyclic) bond motifs is 1. The van der Waals surface area contributed by atoms with Crippen molar-refractivity contribution < 1.29 is 14.0 Å². The van der Waals surface area contributed by atoms with Crippen molar-refractivity contribution in [3.8, 4) is 0 Å². The number of carbonyl (C=O) groups excluding carboxylic acids is 2. The molecule has 0 bridgehead atoms. The average molecular weight is 347 g/mol. The summed E-state index contributed by atoms with van der Waals surface area (Å²) in [7, 11) is 3.95. The summed E-state index contributed by atoms with van der Waals surface area (Å²) in [6, 6.07) is 4.61. The number of carbonyl (C=O) groups is 2. The quantitative estimate of drug-likeness (QED) is 0.768. The van der Waals surface area contributed by atoms with Gasteiger partial charge in [-0.25, -0.2) is 4.39 Å². The van der Waals surface area contributed by atoms with Crippen LogP contribution < -0.4 is 10.2 Å². The molecule has 1 aliphatic heterocycles. The number of hydrogen-bond acceptors (Lipinski definition) is 4. The number of aromatic nitrogens is 2. The van der Waals surface area contributed by atoms with E-state index in [1.54, 1.807) is 12.1 Å². The normalized spacial score (nSPS) is 17.7. The summed E-state index contributed by atoms with van der Waals surface area (Å²) in [5.41, 5.74) is 0.527. The van der Waals surface area contributed by atoms with Gasteiger partial charge in [0.1, 0.15) is 5.82 Å². The number of hydrogen-bond donors (Lipinski definition) is 2. The van der Waals surface area contributed by atoms with Gasteiger partial charge in [-0.15, -0.1) is 0 Å². The van der Waals surface area contributed by atoms with Crippen LogP contribution in [0, 0.1) is 11.7 Å². The number of rotatable bonds is 6. The third-order valence-electron chi connectivity index (χ3n) is 4.35. The average Bonchev–Trinajstić information content (AvgIpc) is 3.15. The molecule has 1 saturated heterocycles. The van der Waals surface area contributed by atoms with Gasteiger partial charge in [-0.3, -0.25) is 19.6 Å². The zero-order valence-electron chi connectivity index (χ0n) is 14.4. The molecule has 25 heavy (non-hydrogen) atoms. The van der Waals surface area contributed by atoms with Crippen molar-refractivity contribution in [2.24, 2.45) is 5.92 Å². The molecule has 2 heterocycles. The Labute approximate surface area is 145 Å². The standard InChI is InChI=1S/C17H22FN5O2/c1-22(2)8-4-7-19-17(25)11-9-14(24)23(10-11)16-15-12(18)5-3-6-13(15)20-21-16/h3,5-6,11H,4,7-10H2,1-2H3,(H,19,25)(H,20,21)/t11-/m1/s1. The fourth-order valence-electron chi connectivity index (χ4n) is 3.05. The van der Waals surface area contributed by atoms with Gasteiger partial charge in [0.15, 0.2) is 5.82 Å². The largest absolute Gasteiger partial charge is 0.356 e. The van der Waals surface area contributed by atoms with Gasteiger partial charge in [0.25, 0.3) is 0 Å². The van der Waals surface area contributed by atoms with Gasteiger partial charge in [-0.2, -0.15) is 5.10 Å². The van der Waals surface area contributed by atoms with E-state index in [1.807, 2.05) is 19.0 Å². The number of aromatic amines is 1. The molecule has 0 aliphatic carbocycles. The summed E-state index contributed by atoms with van der Waals surface area (Å²) in [6.45, 7) is 1.67. The number of halogens is 1. The second kappa shape index (κ2) is 7.18. The van der Waals surface area contributed by atoms with Gasteiger partial charge in [-0.1, -0.05) is 6.07 Å². The third kappa shape index (κ3) is 3.63. The fourth-order valence-corrected chi connectivity index (χ4v) is 3.05. The van der Waals surface area contributed by atoms with Gasteiger partial charge < -0.3 is 10.2 Å². The van der Waals surface area contributed by atoms with Crippen molar-refractivity contribution >= 4 is 28.5 Å². The second-order valence-electron chi connectivity index (χ2n) is 6.56. The minimum atomic E-state index is -0.439. The Morgan fingerprint density at radius 2 is 2.28 bits per heavy atom. The first-order valence-electron chi connectivity index (χ1n) is 8.32. The highest BCUT2D eigenvalue weighted by molar-refractivity contribution is 6.05. The molecule has 1 aromatic carbocycles. The van der Waals surface area contributed by atoms with Crippen LogP contribution in [0.4, 0.5) is 10.2 Å². The molecule has 8 heteroatoms. The molecule has 7 nitrogen and oxygen atoms in total. The molecule has 1 aliphatic rings. The first-order chi connectivity index (χ1) is 12.0. The van der Waals surface area contributed by atoms with E-state index in [9.17, 15) is 14.0 Å². The molecule has 2 aromatic rings. The highest BCUT2D eigenvalue weighted by atomic mass is 19.1. The van der Waals surface area contributed by atoms with Crippen molar-refractivity contribution in [3.63, 3.8) is 0 Å². The van der Waals surface area contributed by atoms with Gasteiger partial charge in [0, 0.05) is 19.5 Å². The maximum atomic E-state index is 14.1. The first-order valence-corrected chi connectivity index (χ1v) is 8.32. The van der Waals surface area contributed by atoms with E-state index < -0.39 is 11.7 Å². The van der Waals surface area contributed by atoms with Crippen LogP contribution in [0.1, 0.15) is 12.8 Å².